The molecule has 0 aliphatic carbocycles. The lowest BCUT2D eigenvalue weighted by Gasteiger charge is -2.11. The molecule has 5 heteroatoms. The second-order valence-corrected chi connectivity index (χ2v) is 6.03. The highest BCUT2D eigenvalue weighted by molar-refractivity contribution is 7.87. The SMILES string of the molecule is COc1ccccc1S(=O)(=O)Oc1cc(C)cc(C)c1. The van der Waals surface area contributed by atoms with Crippen LogP contribution in [0.5, 0.6) is 11.5 Å². The predicted molar refractivity (Wildman–Crippen MR) is 76.7 cm³/mol. The molecular weight excluding hydrogens is 276 g/mol. The van der Waals surface area contributed by atoms with Crippen LogP contribution in [-0.4, -0.2) is 15.5 Å². The first-order valence-electron chi connectivity index (χ1n) is 6.08. The van der Waals surface area contributed by atoms with Crippen molar-refractivity contribution in [3.8, 4) is 11.5 Å². The summed E-state index contributed by atoms with van der Waals surface area (Å²) < 4.78 is 34.8. The van der Waals surface area contributed by atoms with Crippen molar-refractivity contribution in [2.45, 2.75) is 18.7 Å². The van der Waals surface area contributed by atoms with Crippen molar-refractivity contribution in [2.75, 3.05) is 7.11 Å². The quantitative estimate of drug-likeness (QED) is 0.813. The Kier molecular flexibility index (Phi) is 3.99. The van der Waals surface area contributed by atoms with Crippen LogP contribution in [0.4, 0.5) is 0 Å². The summed E-state index contributed by atoms with van der Waals surface area (Å²) in [6.45, 7) is 3.77. The van der Waals surface area contributed by atoms with Gasteiger partial charge >= 0.3 is 10.1 Å². The fourth-order valence-electron chi connectivity index (χ4n) is 1.98. The van der Waals surface area contributed by atoms with Gasteiger partial charge in [-0.05, 0) is 49.2 Å². The van der Waals surface area contributed by atoms with E-state index in [-0.39, 0.29) is 10.6 Å². The summed E-state index contributed by atoms with van der Waals surface area (Å²) in [5, 5.41) is 0. The molecule has 0 atom stereocenters. The second-order valence-electron chi connectivity index (χ2n) is 4.51. The van der Waals surface area contributed by atoms with Gasteiger partial charge in [0.2, 0.25) is 0 Å². The lowest BCUT2D eigenvalue weighted by Crippen LogP contribution is -2.11. The normalized spacial score (nSPS) is 11.2. The van der Waals surface area contributed by atoms with Gasteiger partial charge in [0.15, 0.2) is 0 Å². The fraction of sp³-hybridized carbons (Fsp3) is 0.200. The molecule has 0 unspecified atom stereocenters. The number of hydrogen-bond acceptors (Lipinski definition) is 4. The highest BCUT2D eigenvalue weighted by atomic mass is 32.2. The third kappa shape index (κ3) is 3.11. The lowest BCUT2D eigenvalue weighted by molar-refractivity contribution is 0.398. The maximum absolute atomic E-state index is 12.3. The number of ether oxygens (including phenoxy) is 1. The van der Waals surface area contributed by atoms with Gasteiger partial charge in [-0.25, -0.2) is 0 Å². The highest BCUT2D eigenvalue weighted by Gasteiger charge is 2.21. The Morgan fingerprint density at radius 1 is 0.950 bits per heavy atom. The fourth-order valence-corrected chi connectivity index (χ4v) is 3.06. The van der Waals surface area contributed by atoms with Crippen molar-refractivity contribution >= 4 is 10.1 Å². The van der Waals surface area contributed by atoms with Gasteiger partial charge in [0.25, 0.3) is 0 Å². The van der Waals surface area contributed by atoms with E-state index >= 15 is 0 Å². The van der Waals surface area contributed by atoms with E-state index in [9.17, 15) is 8.42 Å². The molecule has 2 aromatic rings. The Bertz CT molecular complexity index is 700. The van der Waals surface area contributed by atoms with Crippen LogP contribution in [0, 0.1) is 13.8 Å². The summed E-state index contributed by atoms with van der Waals surface area (Å²) in [5.74, 6) is 0.560. The van der Waals surface area contributed by atoms with Crippen molar-refractivity contribution in [2.24, 2.45) is 0 Å². The molecule has 0 saturated heterocycles. The Balaban J connectivity index is 2.41. The zero-order valence-electron chi connectivity index (χ0n) is 11.6. The molecule has 4 nitrogen and oxygen atoms in total. The molecule has 0 aliphatic heterocycles. The van der Waals surface area contributed by atoms with Gasteiger partial charge in [-0.1, -0.05) is 18.2 Å². The maximum atomic E-state index is 12.3. The summed E-state index contributed by atoms with van der Waals surface area (Å²) in [6, 6.07) is 11.7. The molecule has 0 aromatic heterocycles. The first-order valence-corrected chi connectivity index (χ1v) is 7.49. The van der Waals surface area contributed by atoms with Crippen molar-refractivity contribution in [1.82, 2.24) is 0 Å². The van der Waals surface area contributed by atoms with E-state index in [2.05, 4.69) is 0 Å². The molecule has 20 heavy (non-hydrogen) atoms. The average molecular weight is 292 g/mol. The smallest absolute Gasteiger partial charge is 0.342 e. The van der Waals surface area contributed by atoms with Crippen LogP contribution in [0.15, 0.2) is 47.4 Å². The van der Waals surface area contributed by atoms with E-state index in [1.807, 2.05) is 19.9 Å². The number of rotatable bonds is 4. The Morgan fingerprint density at radius 3 is 2.15 bits per heavy atom. The third-order valence-electron chi connectivity index (χ3n) is 2.74. The predicted octanol–water partition coefficient (Wildman–Crippen LogP) is 3.08. The van der Waals surface area contributed by atoms with Crippen LogP contribution >= 0.6 is 0 Å². The molecule has 0 bridgehead atoms. The third-order valence-corrected chi connectivity index (χ3v) is 4.03. The van der Waals surface area contributed by atoms with Crippen molar-refractivity contribution in [3.05, 3.63) is 53.6 Å². The van der Waals surface area contributed by atoms with E-state index in [1.165, 1.54) is 13.2 Å². The molecule has 0 fully saturated rings. The lowest BCUT2D eigenvalue weighted by atomic mass is 10.1. The highest BCUT2D eigenvalue weighted by Crippen LogP contribution is 2.27. The number of para-hydroxylation sites is 1. The monoisotopic (exact) mass is 292 g/mol. The van der Waals surface area contributed by atoms with Gasteiger partial charge in [-0.2, -0.15) is 8.42 Å². The molecule has 0 amide bonds. The molecule has 2 aromatic carbocycles. The molecule has 2 rings (SSSR count). The Morgan fingerprint density at radius 2 is 1.55 bits per heavy atom. The van der Waals surface area contributed by atoms with Crippen molar-refractivity contribution < 1.29 is 17.3 Å². The van der Waals surface area contributed by atoms with Gasteiger partial charge in [0.05, 0.1) is 7.11 Å². The van der Waals surface area contributed by atoms with Crippen LogP contribution in [0.25, 0.3) is 0 Å². The van der Waals surface area contributed by atoms with Gasteiger partial charge in [0.1, 0.15) is 16.4 Å². The van der Waals surface area contributed by atoms with Crippen LogP contribution in [0.3, 0.4) is 0 Å². The summed E-state index contributed by atoms with van der Waals surface area (Å²) in [7, 11) is -2.49. The molecule has 0 radical (unpaired) electrons. The van der Waals surface area contributed by atoms with Crippen LogP contribution in [-0.2, 0) is 10.1 Å². The van der Waals surface area contributed by atoms with Gasteiger partial charge < -0.3 is 8.92 Å². The maximum Gasteiger partial charge on any atom is 0.342 e. The van der Waals surface area contributed by atoms with E-state index in [0.717, 1.165) is 11.1 Å². The second kappa shape index (κ2) is 5.54. The summed E-state index contributed by atoms with van der Waals surface area (Å²) in [5.41, 5.74) is 1.88. The molecular formula is C15H16O4S. The standard InChI is InChI=1S/C15H16O4S/c1-11-8-12(2)10-13(9-11)19-20(16,17)15-7-5-4-6-14(15)18-3/h4-10H,1-3H3. The first-order chi connectivity index (χ1) is 9.42. The largest absolute Gasteiger partial charge is 0.495 e. The summed E-state index contributed by atoms with van der Waals surface area (Å²) in [4.78, 5) is 0.0154. The molecule has 0 N–H and O–H groups in total. The summed E-state index contributed by atoms with van der Waals surface area (Å²) >= 11 is 0. The van der Waals surface area contributed by atoms with Gasteiger partial charge in [0, 0.05) is 0 Å². The Hall–Kier alpha value is -2.01. The number of methoxy groups -OCH3 is 1. The van der Waals surface area contributed by atoms with E-state index in [4.69, 9.17) is 8.92 Å². The number of hydrogen-bond donors (Lipinski definition) is 0. The van der Waals surface area contributed by atoms with E-state index < -0.39 is 10.1 Å². The van der Waals surface area contributed by atoms with Crippen molar-refractivity contribution in [1.29, 1.82) is 0 Å². The molecule has 0 saturated carbocycles. The van der Waals surface area contributed by atoms with Crippen molar-refractivity contribution in [3.63, 3.8) is 0 Å². The zero-order valence-corrected chi connectivity index (χ0v) is 12.4. The van der Waals surface area contributed by atoms with Gasteiger partial charge in [-0.3, -0.25) is 0 Å². The van der Waals surface area contributed by atoms with E-state index in [0.29, 0.717) is 5.75 Å². The van der Waals surface area contributed by atoms with Crippen LogP contribution in [0.1, 0.15) is 11.1 Å². The summed E-state index contributed by atoms with van der Waals surface area (Å²) in [6.07, 6.45) is 0. The van der Waals surface area contributed by atoms with Crippen LogP contribution < -0.4 is 8.92 Å². The Labute approximate surface area is 119 Å². The average Bonchev–Trinajstić information content (AvgIpc) is 2.36. The molecule has 0 aliphatic rings. The molecule has 0 spiro atoms. The van der Waals surface area contributed by atoms with Gasteiger partial charge in [-0.15, -0.1) is 0 Å². The minimum Gasteiger partial charge on any atom is -0.495 e. The molecule has 0 heterocycles. The van der Waals surface area contributed by atoms with Crippen LogP contribution in [0.2, 0.25) is 0 Å². The first kappa shape index (κ1) is 14.4. The minimum atomic E-state index is -3.91. The topological polar surface area (TPSA) is 52.6 Å². The molecule has 106 valence electrons. The van der Waals surface area contributed by atoms with E-state index in [1.54, 1.807) is 30.3 Å². The zero-order chi connectivity index (χ0) is 14.8. The minimum absolute atomic E-state index is 0.0154. The number of benzene rings is 2. The number of aryl methyl sites for hydroxylation is 2.